The van der Waals surface area contributed by atoms with Gasteiger partial charge in [0.05, 0.1) is 12.2 Å². The average Bonchev–Trinajstić information content (AvgIpc) is 2.88. The second-order valence-electron chi connectivity index (χ2n) is 6.33. The second-order valence-corrected chi connectivity index (χ2v) is 6.33. The summed E-state index contributed by atoms with van der Waals surface area (Å²) in [6, 6.07) is 19.5. The summed E-state index contributed by atoms with van der Waals surface area (Å²) in [4.78, 5) is 29.8. The molecule has 0 radical (unpaired) electrons. The Labute approximate surface area is 162 Å². The maximum atomic E-state index is 13.1. The molecule has 0 aliphatic carbocycles. The highest BCUT2D eigenvalue weighted by Gasteiger charge is 2.32. The Kier molecular flexibility index (Phi) is 5.01. The number of fused-ring (bicyclic) bond motifs is 1. The van der Waals surface area contributed by atoms with Crippen LogP contribution in [0.15, 0.2) is 72.9 Å². The number of Topliss-reactive ketones (excluding diaryl/α,β-unsaturated/α-hetero) is 1. The van der Waals surface area contributed by atoms with Crippen LogP contribution in [-0.4, -0.2) is 23.3 Å². The van der Waals surface area contributed by atoms with Crippen LogP contribution < -0.4 is 14.8 Å². The number of aromatic nitrogens is 1. The minimum absolute atomic E-state index is 0.276. The Morgan fingerprint density at radius 2 is 1.86 bits per heavy atom. The van der Waals surface area contributed by atoms with E-state index in [-0.39, 0.29) is 12.4 Å². The molecule has 0 bridgehead atoms. The molecule has 2 aromatic carbocycles. The van der Waals surface area contributed by atoms with Crippen LogP contribution in [0.3, 0.4) is 0 Å². The van der Waals surface area contributed by atoms with Crippen LogP contribution in [0.4, 0.5) is 5.82 Å². The van der Waals surface area contributed by atoms with Gasteiger partial charge in [-0.15, -0.1) is 0 Å². The molecule has 1 amide bonds. The Bertz CT molecular complexity index is 990. The number of hydrogen-bond acceptors (Lipinski definition) is 5. The van der Waals surface area contributed by atoms with Crippen molar-refractivity contribution in [2.24, 2.45) is 5.92 Å². The van der Waals surface area contributed by atoms with Crippen molar-refractivity contribution in [1.82, 2.24) is 4.98 Å². The molecule has 140 valence electrons. The van der Waals surface area contributed by atoms with Crippen molar-refractivity contribution in [3.05, 3.63) is 78.5 Å². The SMILES string of the molecule is O=C(Nc1ccccn1)C1CCOc2ccc(Oc3ccccc3)cc2C1=O. The molecule has 3 aromatic rings. The molecular formula is C22H18N2O4. The lowest BCUT2D eigenvalue weighted by Gasteiger charge is -2.13. The predicted octanol–water partition coefficient (Wildman–Crippen LogP) is 4.09. The first kappa shape index (κ1) is 17.7. The van der Waals surface area contributed by atoms with Crippen molar-refractivity contribution in [3.8, 4) is 17.2 Å². The van der Waals surface area contributed by atoms with Crippen molar-refractivity contribution in [3.63, 3.8) is 0 Å². The highest BCUT2D eigenvalue weighted by atomic mass is 16.5. The zero-order chi connectivity index (χ0) is 19.3. The van der Waals surface area contributed by atoms with Crippen LogP contribution in [0.1, 0.15) is 16.8 Å². The number of para-hydroxylation sites is 1. The van der Waals surface area contributed by atoms with Gasteiger partial charge in [-0.25, -0.2) is 4.98 Å². The van der Waals surface area contributed by atoms with Crippen LogP contribution in [0.2, 0.25) is 0 Å². The Morgan fingerprint density at radius 1 is 1.04 bits per heavy atom. The molecule has 0 spiro atoms. The van der Waals surface area contributed by atoms with Gasteiger partial charge < -0.3 is 14.8 Å². The molecule has 28 heavy (non-hydrogen) atoms. The molecule has 2 heterocycles. The molecule has 0 saturated carbocycles. The van der Waals surface area contributed by atoms with Gasteiger partial charge in [0.25, 0.3) is 0 Å². The van der Waals surface area contributed by atoms with E-state index >= 15 is 0 Å². The van der Waals surface area contributed by atoms with E-state index in [0.29, 0.717) is 35.1 Å². The van der Waals surface area contributed by atoms with Crippen molar-refractivity contribution < 1.29 is 19.1 Å². The zero-order valence-electron chi connectivity index (χ0n) is 15.0. The van der Waals surface area contributed by atoms with E-state index in [2.05, 4.69) is 10.3 Å². The lowest BCUT2D eigenvalue weighted by molar-refractivity contribution is -0.118. The molecule has 1 N–H and O–H groups in total. The molecule has 1 aromatic heterocycles. The Hall–Kier alpha value is -3.67. The molecule has 1 atom stereocenters. The van der Waals surface area contributed by atoms with Crippen molar-refractivity contribution in [2.75, 3.05) is 11.9 Å². The third-order valence-corrected chi connectivity index (χ3v) is 4.41. The van der Waals surface area contributed by atoms with Gasteiger partial charge in [-0.1, -0.05) is 24.3 Å². The standard InChI is InChI=1S/C22H18N2O4/c25-21-17(22(26)24-20-8-4-5-12-23-20)11-13-27-19-10-9-16(14-18(19)21)28-15-6-2-1-3-7-15/h1-10,12,14,17H,11,13H2,(H,23,24,26). The molecular weight excluding hydrogens is 356 g/mol. The maximum absolute atomic E-state index is 13.1. The topological polar surface area (TPSA) is 77.5 Å². The summed E-state index contributed by atoms with van der Waals surface area (Å²) in [6.07, 6.45) is 1.87. The number of ketones is 1. The van der Waals surface area contributed by atoms with Crippen molar-refractivity contribution in [2.45, 2.75) is 6.42 Å². The molecule has 1 unspecified atom stereocenters. The van der Waals surface area contributed by atoms with Crippen molar-refractivity contribution in [1.29, 1.82) is 0 Å². The van der Waals surface area contributed by atoms with E-state index in [1.165, 1.54) is 0 Å². The number of ether oxygens (including phenoxy) is 2. The van der Waals surface area contributed by atoms with Gasteiger partial charge >= 0.3 is 0 Å². The van der Waals surface area contributed by atoms with E-state index in [9.17, 15) is 9.59 Å². The third kappa shape index (κ3) is 3.86. The van der Waals surface area contributed by atoms with Crippen LogP contribution in [0.5, 0.6) is 17.2 Å². The normalized spacial score (nSPS) is 15.7. The van der Waals surface area contributed by atoms with E-state index in [4.69, 9.17) is 9.47 Å². The van der Waals surface area contributed by atoms with Gasteiger partial charge in [-0.3, -0.25) is 9.59 Å². The van der Waals surface area contributed by atoms with Crippen molar-refractivity contribution >= 4 is 17.5 Å². The van der Waals surface area contributed by atoms with Gasteiger partial charge in [-0.2, -0.15) is 0 Å². The highest BCUT2D eigenvalue weighted by Crippen LogP contribution is 2.32. The van der Waals surface area contributed by atoms with Gasteiger partial charge in [0.1, 0.15) is 29.0 Å². The fraction of sp³-hybridized carbons (Fsp3) is 0.136. The minimum atomic E-state index is -0.852. The number of hydrogen-bond donors (Lipinski definition) is 1. The van der Waals surface area contributed by atoms with Gasteiger partial charge in [-0.05, 0) is 42.5 Å². The van der Waals surface area contributed by atoms with E-state index in [0.717, 1.165) is 0 Å². The first-order chi connectivity index (χ1) is 13.7. The summed E-state index contributed by atoms with van der Waals surface area (Å²) in [6.45, 7) is 0.276. The summed E-state index contributed by atoms with van der Waals surface area (Å²) in [7, 11) is 0. The molecule has 0 fully saturated rings. The third-order valence-electron chi connectivity index (χ3n) is 4.41. The number of pyridine rings is 1. The van der Waals surface area contributed by atoms with Gasteiger partial charge in [0.2, 0.25) is 5.91 Å². The predicted molar refractivity (Wildman–Crippen MR) is 104 cm³/mol. The highest BCUT2D eigenvalue weighted by molar-refractivity contribution is 6.14. The van der Waals surface area contributed by atoms with Crippen LogP contribution in [0.25, 0.3) is 0 Å². The first-order valence-corrected chi connectivity index (χ1v) is 8.96. The van der Waals surface area contributed by atoms with Crippen LogP contribution >= 0.6 is 0 Å². The molecule has 1 aliphatic heterocycles. The maximum Gasteiger partial charge on any atom is 0.236 e. The number of nitrogens with zero attached hydrogens (tertiary/aromatic N) is 1. The van der Waals surface area contributed by atoms with Gasteiger partial charge in [0.15, 0.2) is 5.78 Å². The fourth-order valence-electron chi connectivity index (χ4n) is 3.02. The van der Waals surface area contributed by atoms with Crippen LogP contribution in [0, 0.1) is 5.92 Å². The number of rotatable bonds is 4. The van der Waals surface area contributed by atoms with E-state index in [1.807, 2.05) is 30.3 Å². The Morgan fingerprint density at radius 3 is 2.64 bits per heavy atom. The monoisotopic (exact) mass is 374 g/mol. The summed E-state index contributed by atoms with van der Waals surface area (Å²) in [5, 5.41) is 2.70. The van der Waals surface area contributed by atoms with Gasteiger partial charge in [0, 0.05) is 12.6 Å². The molecule has 6 heteroatoms. The number of carbonyl (C=O) groups is 2. The minimum Gasteiger partial charge on any atom is -0.493 e. The number of carbonyl (C=O) groups excluding carboxylic acids is 2. The summed E-state index contributed by atoms with van der Waals surface area (Å²) in [5.41, 5.74) is 0.340. The first-order valence-electron chi connectivity index (χ1n) is 8.96. The number of nitrogens with one attached hydrogen (secondary N) is 1. The largest absolute Gasteiger partial charge is 0.493 e. The average molecular weight is 374 g/mol. The number of benzene rings is 2. The lowest BCUT2D eigenvalue weighted by atomic mass is 9.94. The number of anilines is 1. The van der Waals surface area contributed by atoms with E-state index in [1.54, 1.807) is 42.6 Å². The quantitative estimate of drug-likeness (QED) is 0.696. The molecule has 0 saturated heterocycles. The summed E-state index contributed by atoms with van der Waals surface area (Å²) in [5.74, 6) is 0.496. The molecule has 1 aliphatic rings. The summed E-state index contributed by atoms with van der Waals surface area (Å²) >= 11 is 0. The summed E-state index contributed by atoms with van der Waals surface area (Å²) < 4.78 is 11.5. The Balaban J connectivity index is 1.57. The molecule has 6 nitrogen and oxygen atoms in total. The smallest absolute Gasteiger partial charge is 0.236 e. The second kappa shape index (κ2) is 7.92. The zero-order valence-corrected chi connectivity index (χ0v) is 15.0. The molecule has 4 rings (SSSR count). The number of amides is 1. The lowest BCUT2D eigenvalue weighted by Crippen LogP contribution is -2.30. The van der Waals surface area contributed by atoms with E-state index < -0.39 is 11.8 Å². The van der Waals surface area contributed by atoms with Crippen LogP contribution in [-0.2, 0) is 4.79 Å². The fourth-order valence-corrected chi connectivity index (χ4v) is 3.02.